The summed E-state index contributed by atoms with van der Waals surface area (Å²) in [6.45, 7) is 0. The predicted octanol–water partition coefficient (Wildman–Crippen LogP) is -0.827. The monoisotopic (exact) mass is 236 g/mol. The van der Waals surface area contributed by atoms with Crippen molar-refractivity contribution >= 4 is 29.5 Å². The van der Waals surface area contributed by atoms with Crippen molar-refractivity contribution in [3.8, 4) is 0 Å². The molecule has 0 radical (unpaired) electrons. The number of hydrogen-bond acceptors (Lipinski definition) is 5. The molecular formula is C10H10N3O4+. The summed E-state index contributed by atoms with van der Waals surface area (Å²) in [5, 5.41) is 0. The Morgan fingerprint density at radius 2 is 2.12 bits per heavy atom. The van der Waals surface area contributed by atoms with Crippen molar-refractivity contribution in [1.82, 2.24) is 4.90 Å². The number of methoxy groups -OCH3 is 1. The van der Waals surface area contributed by atoms with Crippen LogP contribution in [-0.4, -0.2) is 60.1 Å². The number of nitrogens with zero attached hydrogens (tertiary/aromatic N) is 3. The van der Waals surface area contributed by atoms with Crippen molar-refractivity contribution < 1.29 is 23.7 Å². The van der Waals surface area contributed by atoms with Crippen LogP contribution in [0.4, 0.5) is 4.79 Å². The van der Waals surface area contributed by atoms with Crippen LogP contribution in [0.5, 0.6) is 0 Å². The van der Waals surface area contributed by atoms with Crippen LogP contribution in [0.3, 0.4) is 0 Å². The lowest BCUT2D eigenvalue weighted by Crippen LogP contribution is -2.46. The van der Waals surface area contributed by atoms with Gasteiger partial charge in [0.15, 0.2) is 0 Å². The summed E-state index contributed by atoms with van der Waals surface area (Å²) >= 11 is 0. The van der Waals surface area contributed by atoms with E-state index in [2.05, 4.69) is 9.73 Å². The number of esters is 1. The Labute approximate surface area is 96.7 Å². The van der Waals surface area contributed by atoms with E-state index in [1.54, 1.807) is 0 Å². The third kappa shape index (κ3) is 1.47. The van der Waals surface area contributed by atoms with E-state index in [1.807, 2.05) is 0 Å². The van der Waals surface area contributed by atoms with Crippen LogP contribution in [0.1, 0.15) is 0 Å². The van der Waals surface area contributed by atoms with Gasteiger partial charge in [0.05, 0.1) is 21.2 Å². The second-order valence-corrected chi connectivity index (χ2v) is 3.58. The predicted molar refractivity (Wildman–Crippen MR) is 56.9 cm³/mol. The minimum absolute atomic E-state index is 0.0146. The van der Waals surface area contributed by atoms with Crippen molar-refractivity contribution in [2.24, 2.45) is 4.99 Å². The fraction of sp³-hybridized carbons (Fsp3) is 0.300. The van der Waals surface area contributed by atoms with Gasteiger partial charge in [0.1, 0.15) is 5.57 Å². The second kappa shape index (κ2) is 3.62. The summed E-state index contributed by atoms with van der Waals surface area (Å²) in [6.07, 6.45) is 1.32. The Bertz CT molecular complexity index is 542. The molecule has 2 heterocycles. The van der Waals surface area contributed by atoms with E-state index in [0.29, 0.717) is 0 Å². The molecule has 3 amide bonds. The summed E-state index contributed by atoms with van der Waals surface area (Å²) in [5.41, 5.74) is 0.232. The molecule has 0 atom stereocenters. The van der Waals surface area contributed by atoms with Gasteiger partial charge in [-0.1, -0.05) is 4.99 Å². The average Bonchev–Trinajstić information content (AvgIpc) is 2.77. The molecule has 7 nitrogen and oxygen atoms in total. The van der Waals surface area contributed by atoms with E-state index in [-0.39, 0.29) is 17.1 Å². The van der Waals surface area contributed by atoms with Gasteiger partial charge in [-0.3, -0.25) is 0 Å². The van der Waals surface area contributed by atoms with Crippen LogP contribution in [-0.2, 0) is 14.3 Å². The van der Waals surface area contributed by atoms with E-state index in [9.17, 15) is 14.4 Å². The van der Waals surface area contributed by atoms with Gasteiger partial charge in [0, 0.05) is 6.08 Å². The van der Waals surface area contributed by atoms with E-state index in [1.165, 1.54) is 31.9 Å². The molecule has 2 aliphatic rings. The fourth-order valence-corrected chi connectivity index (χ4v) is 1.61. The Morgan fingerprint density at radius 3 is 2.71 bits per heavy atom. The number of rotatable bonds is 1. The first-order valence-electron chi connectivity index (χ1n) is 4.79. The van der Waals surface area contributed by atoms with Crippen LogP contribution < -0.4 is 0 Å². The van der Waals surface area contributed by atoms with E-state index in [0.717, 1.165) is 4.90 Å². The van der Waals surface area contributed by atoms with Crippen LogP contribution in [0, 0.1) is 0 Å². The van der Waals surface area contributed by atoms with Crippen molar-refractivity contribution in [3.63, 3.8) is 0 Å². The molecule has 7 heteroatoms. The molecule has 0 saturated heterocycles. The Morgan fingerprint density at radius 1 is 1.47 bits per heavy atom. The Balaban J connectivity index is 2.55. The molecule has 0 unspecified atom stereocenters. The van der Waals surface area contributed by atoms with Gasteiger partial charge in [-0.05, 0) is 0 Å². The lowest BCUT2D eigenvalue weighted by atomic mass is 10.2. The zero-order chi connectivity index (χ0) is 12.7. The van der Waals surface area contributed by atoms with Crippen molar-refractivity contribution in [2.75, 3.05) is 21.2 Å². The molecule has 0 spiro atoms. The Hall–Kier alpha value is -2.31. The third-order valence-electron chi connectivity index (χ3n) is 2.57. The maximum Gasteiger partial charge on any atom is 0.445 e. The molecular weight excluding hydrogens is 226 g/mol. The second-order valence-electron chi connectivity index (χ2n) is 3.58. The van der Waals surface area contributed by atoms with Gasteiger partial charge in [-0.15, -0.1) is 0 Å². The largest absolute Gasteiger partial charge is 0.463 e. The first-order valence-corrected chi connectivity index (χ1v) is 4.79. The summed E-state index contributed by atoms with van der Waals surface area (Å²) in [7, 11) is 4.08. The minimum atomic E-state index is -0.643. The van der Waals surface area contributed by atoms with Gasteiger partial charge < -0.3 is 4.74 Å². The first-order chi connectivity index (χ1) is 7.97. The molecule has 0 aromatic carbocycles. The smallest absolute Gasteiger partial charge is 0.445 e. The van der Waals surface area contributed by atoms with Crippen LogP contribution >= 0.6 is 0 Å². The number of amides is 3. The van der Waals surface area contributed by atoms with Crippen molar-refractivity contribution in [2.45, 2.75) is 0 Å². The number of hydrogen-bond donors (Lipinski definition) is 0. The van der Waals surface area contributed by atoms with Gasteiger partial charge >= 0.3 is 17.9 Å². The first kappa shape index (κ1) is 11.2. The highest BCUT2D eigenvalue weighted by Crippen LogP contribution is 2.17. The number of amidine groups is 1. The quantitative estimate of drug-likeness (QED) is 0.440. The van der Waals surface area contributed by atoms with Crippen molar-refractivity contribution in [1.29, 1.82) is 0 Å². The van der Waals surface area contributed by atoms with Gasteiger partial charge in [0.25, 0.3) is 5.84 Å². The molecule has 88 valence electrons. The van der Waals surface area contributed by atoms with E-state index in [4.69, 9.17) is 0 Å². The molecule has 17 heavy (non-hydrogen) atoms. The molecule has 0 aromatic rings. The van der Waals surface area contributed by atoms with Gasteiger partial charge in [0.2, 0.25) is 5.71 Å². The van der Waals surface area contributed by atoms with E-state index < -0.39 is 17.9 Å². The third-order valence-corrected chi connectivity index (χ3v) is 2.57. The number of fused-ring (bicyclic) bond motifs is 1. The Kier molecular flexibility index (Phi) is 2.38. The normalized spacial score (nSPS) is 19.1. The summed E-state index contributed by atoms with van der Waals surface area (Å²) in [5.74, 6) is -0.944. The number of ether oxygens (including phenoxy) is 1. The molecule has 0 bridgehead atoms. The topological polar surface area (TPSA) is 79.0 Å². The summed E-state index contributed by atoms with van der Waals surface area (Å²) < 4.78 is 5.72. The molecule has 2 rings (SSSR count). The minimum Gasteiger partial charge on any atom is -0.463 e. The summed E-state index contributed by atoms with van der Waals surface area (Å²) in [6, 6.07) is -0.489. The lowest BCUT2D eigenvalue weighted by Gasteiger charge is -2.16. The zero-order valence-electron chi connectivity index (χ0n) is 9.55. The molecule has 0 saturated carbocycles. The lowest BCUT2D eigenvalue weighted by molar-refractivity contribution is -0.403. The van der Waals surface area contributed by atoms with Crippen molar-refractivity contribution in [3.05, 3.63) is 11.6 Å². The highest BCUT2D eigenvalue weighted by Gasteiger charge is 2.43. The maximum absolute atomic E-state index is 11.8. The molecule has 0 aliphatic carbocycles. The number of imide groups is 1. The molecule has 0 N–H and O–H groups in total. The molecule has 2 aliphatic heterocycles. The highest BCUT2D eigenvalue weighted by molar-refractivity contribution is 6.49. The van der Waals surface area contributed by atoms with Gasteiger partial charge in [-0.25, -0.2) is 14.4 Å². The van der Waals surface area contributed by atoms with Crippen LogP contribution in [0.2, 0.25) is 0 Å². The zero-order valence-corrected chi connectivity index (χ0v) is 9.55. The van der Waals surface area contributed by atoms with Gasteiger partial charge in [-0.2, -0.15) is 9.48 Å². The number of carbonyl (C=O) groups excluding carboxylic acids is 3. The number of carbonyl (C=O) groups is 3. The number of likely N-dealkylation sites (N-methyl/N-ethyl adjacent to an activating group) is 1. The number of urea groups is 1. The fourth-order valence-electron chi connectivity index (χ4n) is 1.61. The standard InChI is InChI=1S/C10H10N3O4/c1-12-7-5(8(14)13(2)10(12)16)4-6(11-7)9(15)17-3/h4H,1-3H3/q+1. The highest BCUT2D eigenvalue weighted by atomic mass is 16.5. The molecule has 0 fully saturated rings. The van der Waals surface area contributed by atoms with E-state index >= 15 is 0 Å². The average molecular weight is 236 g/mol. The SMILES string of the molecule is COC(=O)C1=NC2=[N+](C)C(=O)N(C)C(=O)C2=C1. The summed E-state index contributed by atoms with van der Waals surface area (Å²) in [4.78, 5) is 39.6. The number of aliphatic imine (C=N–C) groups is 1. The molecule has 0 aromatic heterocycles. The van der Waals surface area contributed by atoms with Crippen LogP contribution in [0.25, 0.3) is 0 Å². The maximum atomic E-state index is 11.8. The van der Waals surface area contributed by atoms with Crippen LogP contribution in [0.15, 0.2) is 16.6 Å².